The second-order valence-electron chi connectivity index (χ2n) is 4.54. The molecule has 0 amide bonds. The van der Waals surface area contributed by atoms with E-state index in [0.717, 1.165) is 23.5 Å². The first-order valence-electron chi connectivity index (χ1n) is 6.75. The minimum Gasteiger partial charge on any atom is -0.395 e. The van der Waals surface area contributed by atoms with Crippen LogP contribution in [0.5, 0.6) is 0 Å². The summed E-state index contributed by atoms with van der Waals surface area (Å²) in [5, 5.41) is 10.7. The highest BCUT2D eigenvalue weighted by Crippen LogP contribution is 2.18. The van der Waals surface area contributed by atoms with Gasteiger partial charge in [0.15, 0.2) is 0 Å². The maximum absolute atomic E-state index is 8.71. The monoisotopic (exact) mass is 280 g/mol. The maximum Gasteiger partial charge on any atom is 0.0823 e. The summed E-state index contributed by atoms with van der Waals surface area (Å²) in [4.78, 5) is 1.15. The highest BCUT2D eigenvalue weighted by Gasteiger charge is 2.14. The van der Waals surface area contributed by atoms with E-state index < -0.39 is 0 Å². The first-order chi connectivity index (χ1) is 9.40. The van der Waals surface area contributed by atoms with Crippen molar-refractivity contribution in [2.45, 2.75) is 38.4 Å². The lowest BCUT2D eigenvalue weighted by Crippen LogP contribution is -2.24. The van der Waals surface area contributed by atoms with E-state index in [0.29, 0.717) is 19.6 Å². The summed E-state index contributed by atoms with van der Waals surface area (Å²) in [7, 11) is 0. The van der Waals surface area contributed by atoms with Crippen molar-refractivity contribution in [2.75, 3.05) is 19.8 Å². The van der Waals surface area contributed by atoms with Gasteiger partial charge < -0.3 is 14.6 Å². The molecule has 0 spiro atoms. The molecule has 1 fully saturated rings. The fourth-order valence-electron chi connectivity index (χ4n) is 2.00. The third-order valence-corrected chi connectivity index (χ3v) is 3.91. The smallest absolute Gasteiger partial charge is 0.0823 e. The number of rotatable bonds is 5. The SMILES string of the molecule is OCCC#Cc1ccsc1COCC1CCCCO1. The summed E-state index contributed by atoms with van der Waals surface area (Å²) in [6.45, 7) is 2.25. The van der Waals surface area contributed by atoms with Crippen molar-refractivity contribution in [2.24, 2.45) is 0 Å². The average molecular weight is 280 g/mol. The van der Waals surface area contributed by atoms with Crippen molar-refractivity contribution in [3.05, 3.63) is 21.9 Å². The lowest BCUT2D eigenvalue weighted by atomic mass is 10.1. The van der Waals surface area contributed by atoms with Crippen LogP contribution >= 0.6 is 11.3 Å². The second kappa shape index (κ2) is 8.34. The van der Waals surface area contributed by atoms with E-state index in [2.05, 4.69) is 11.8 Å². The molecule has 2 heterocycles. The van der Waals surface area contributed by atoms with Gasteiger partial charge in [0.25, 0.3) is 0 Å². The van der Waals surface area contributed by atoms with Crippen LogP contribution in [0, 0.1) is 11.8 Å². The summed E-state index contributed by atoms with van der Waals surface area (Å²) >= 11 is 1.66. The first kappa shape index (κ1) is 14.5. The van der Waals surface area contributed by atoms with E-state index in [4.69, 9.17) is 14.6 Å². The van der Waals surface area contributed by atoms with Gasteiger partial charge in [-0.25, -0.2) is 0 Å². The molecule has 1 N–H and O–H groups in total. The third-order valence-electron chi connectivity index (χ3n) is 3.02. The highest BCUT2D eigenvalue weighted by atomic mass is 32.1. The first-order valence-corrected chi connectivity index (χ1v) is 7.63. The lowest BCUT2D eigenvalue weighted by Gasteiger charge is -2.22. The van der Waals surface area contributed by atoms with Crippen LogP contribution in [0.3, 0.4) is 0 Å². The number of thiophene rings is 1. The van der Waals surface area contributed by atoms with Gasteiger partial charge in [-0.05, 0) is 30.7 Å². The van der Waals surface area contributed by atoms with Crippen LogP contribution in [0.25, 0.3) is 0 Å². The van der Waals surface area contributed by atoms with Gasteiger partial charge in [-0.3, -0.25) is 0 Å². The van der Waals surface area contributed by atoms with Crippen LogP contribution in [-0.2, 0) is 16.1 Å². The van der Waals surface area contributed by atoms with Gasteiger partial charge in [0.1, 0.15) is 0 Å². The molecule has 4 heteroatoms. The van der Waals surface area contributed by atoms with Crippen molar-refractivity contribution in [1.82, 2.24) is 0 Å². The number of hydrogen-bond donors (Lipinski definition) is 1. The van der Waals surface area contributed by atoms with Crippen molar-refractivity contribution in [3.8, 4) is 11.8 Å². The summed E-state index contributed by atoms with van der Waals surface area (Å²) < 4.78 is 11.4. The zero-order valence-electron chi connectivity index (χ0n) is 11.1. The quantitative estimate of drug-likeness (QED) is 0.843. The lowest BCUT2D eigenvalue weighted by molar-refractivity contribution is -0.0443. The average Bonchev–Trinajstić information content (AvgIpc) is 2.88. The molecular weight excluding hydrogens is 260 g/mol. The molecule has 1 aliphatic heterocycles. The Bertz CT molecular complexity index is 424. The van der Waals surface area contributed by atoms with Gasteiger partial charge >= 0.3 is 0 Å². The Morgan fingerprint density at radius 2 is 2.42 bits per heavy atom. The highest BCUT2D eigenvalue weighted by molar-refractivity contribution is 7.10. The van der Waals surface area contributed by atoms with Crippen LogP contribution in [0.4, 0.5) is 0 Å². The van der Waals surface area contributed by atoms with Gasteiger partial charge in [0.2, 0.25) is 0 Å². The Morgan fingerprint density at radius 1 is 1.47 bits per heavy atom. The van der Waals surface area contributed by atoms with E-state index in [-0.39, 0.29) is 12.7 Å². The Hall–Kier alpha value is -0.860. The standard InChI is InChI=1S/C15H20O3S/c16-8-3-1-5-13-7-10-19-15(13)12-17-11-14-6-2-4-9-18-14/h7,10,14,16H,2-4,6,8-9,11-12H2. The van der Waals surface area contributed by atoms with Crippen molar-refractivity contribution in [3.63, 3.8) is 0 Å². The Morgan fingerprint density at radius 3 is 3.21 bits per heavy atom. The Kier molecular flexibility index (Phi) is 6.38. The van der Waals surface area contributed by atoms with Gasteiger partial charge in [0.05, 0.1) is 25.9 Å². The van der Waals surface area contributed by atoms with E-state index >= 15 is 0 Å². The molecule has 3 nitrogen and oxygen atoms in total. The largest absolute Gasteiger partial charge is 0.395 e. The van der Waals surface area contributed by atoms with Gasteiger partial charge in [-0.15, -0.1) is 11.3 Å². The van der Waals surface area contributed by atoms with Crippen LogP contribution in [0.1, 0.15) is 36.1 Å². The van der Waals surface area contributed by atoms with E-state index in [9.17, 15) is 0 Å². The molecule has 1 aliphatic rings. The summed E-state index contributed by atoms with van der Waals surface area (Å²) in [5.74, 6) is 6.02. The zero-order chi connectivity index (χ0) is 13.3. The molecular formula is C15H20O3S. The van der Waals surface area contributed by atoms with Gasteiger partial charge in [-0.2, -0.15) is 0 Å². The van der Waals surface area contributed by atoms with Crippen LogP contribution < -0.4 is 0 Å². The van der Waals surface area contributed by atoms with Crippen LogP contribution in [0.2, 0.25) is 0 Å². The van der Waals surface area contributed by atoms with E-state index in [1.165, 1.54) is 12.8 Å². The fraction of sp³-hybridized carbons (Fsp3) is 0.600. The molecule has 2 rings (SSSR count). The zero-order valence-corrected chi connectivity index (χ0v) is 11.9. The molecule has 0 aliphatic carbocycles. The molecule has 1 saturated heterocycles. The summed E-state index contributed by atoms with van der Waals surface area (Å²) in [5.41, 5.74) is 1.02. The summed E-state index contributed by atoms with van der Waals surface area (Å²) in [6.07, 6.45) is 4.30. The molecule has 19 heavy (non-hydrogen) atoms. The minimum absolute atomic E-state index is 0.113. The van der Waals surface area contributed by atoms with E-state index in [1.807, 2.05) is 11.4 Å². The number of hydrogen-bond acceptors (Lipinski definition) is 4. The molecule has 104 valence electrons. The molecule has 0 saturated carbocycles. The molecule has 0 radical (unpaired) electrons. The van der Waals surface area contributed by atoms with Crippen LogP contribution in [0.15, 0.2) is 11.4 Å². The minimum atomic E-state index is 0.113. The van der Waals surface area contributed by atoms with Gasteiger partial charge in [0, 0.05) is 23.5 Å². The normalized spacial score (nSPS) is 18.9. The summed E-state index contributed by atoms with van der Waals surface area (Å²) in [6, 6.07) is 2.00. The molecule has 0 aromatic carbocycles. The number of aliphatic hydroxyl groups excluding tert-OH is 1. The molecule has 1 atom stereocenters. The molecule has 1 aromatic rings. The van der Waals surface area contributed by atoms with Crippen molar-refractivity contribution >= 4 is 11.3 Å². The number of aliphatic hydroxyl groups is 1. The molecule has 1 unspecified atom stereocenters. The third kappa shape index (κ3) is 4.96. The van der Waals surface area contributed by atoms with E-state index in [1.54, 1.807) is 11.3 Å². The number of ether oxygens (including phenoxy) is 2. The Balaban J connectivity index is 1.76. The fourth-order valence-corrected chi connectivity index (χ4v) is 2.77. The van der Waals surface area contributed by atoms with Crippen LogP contribution in [-0.4, -0.2) is 31.0 Å². The Labute approximate surface area is 118 Å². The molecule has 1 aromatic heterocycles. The maximum atomic E-state index is 8.71. The predicted molar refractivity (Wildman–Crippen MR) is 76.1 cm³/mol. The predicted octanol–water partition coefficient (Wildman–Crippen LogP) is 2.57. The van der Waals surface area contributed by atoms with Crippen molar-refractivity contribution < 1.29 is 14.6 Å². The van der Waals surface area contributed by atoms with Gasteiger partial charge in [-0.1, -0.05) is 11.8 Å². The van der Waals surface area contributed by atoms with Crippen molar-refractivity contribution in [1.29, 1.82) is 0 Å². The molecule has 0 bridgehead atoms. The topological polar surface area (TPSA) is 38.7 Å². The second-order valence-corrected chi connectivity index (χ2v) is 5.54.